The van der Waals surface area contributed by atoms with Crippen LogP contribution < -0.4 is 5.32 Å². The first-order valence-corrected chi connectivity index (χ1v) is 8.46. The second-order valence-corrected chi connectivity index (χ2v) is 7.10. The van der Waals surface area contributed by atoms with Crippen LogP contribution in [-0.2, 0) is 6.54 Å². The van der Waals surface area contributed by atoms with Gasteiger partial charge >= 0.3 is 0 Å². The Balaban J connectivity index is 1.46. The van der Waals surface area contributed by atoms with Gasteiger partial charge in [-0.25, -0.2) is 4.68 Å². The smallest absolute Gasteiger partial charge is 0.214 e. The molecule has 0 amide bonds. The summed E-state index contributed by atoms with van der Waals surface area (Å²) < 4.78 is 1.92. The lowest BCUT2D eigenvalue weighted by Crippen LogP contribution is -2.15. The maximum atomic E-state index is 6.38. The van der Waals surface area contributed by atoms with E-state index >= 15 is 0 Å². The van der Waals surface area contributed by atoms with E-state index in [1.807, 2.05) is 10.7 Å². The van der Waals surface area contributed by atoms with E-state index in [4.69, 9.17) is 11.6 Å². The van der Waals surface area contributed by atoms with Crippen molar-refractivity contribution in [3.63, 3.8) is 0 Å². The van der Waals surface area contributed by atoms with Crippen molar-refractivity contribution in [3.8, 4) is 0 Å². The van der Waals surface area contributed by atoms with Crippen LogP contribution in [-0.4, -0.2) is 26.2 Å². The van der Waals surface area contributed by atoms with Crippen LogP contribution in [0.2, 0.25) is 5.02 Å². The minimum absolute atomic E-state index is 0.486. The highest BCUT2D eigenvalue weighted by atomic mass is 35.5. The molecule has 0 radical (unpaired) electrons. The van der Waals surface area contributed by atoms with E-state index in [-0.39, 0.29) is 0 Å². The first-order valence-electron chi connectivity index (χ1n) is 7.27. The van der Waals surface area contributed by atoms with E-state index in [1.165, 1.54) is 25.7 Å². The maximum Gasteiger partial charge on any atom is 0.214 e. The van der Waals surface area contributed by atoms with Gasteiger partial charge in [0, 0.05) is 22.5 Å². The minimum Gasteiger partial charge on any atom is -0.310 e. The molecule has 1 aromatic carbocycles. The molecule has 2 aliphatic rings. The van der Waals surface area contributed by atoms with Crippen molar-refractivity contribution >= 4 is 23.4 Å². The average Bonchev–Trinajstić information content (AvgIpc) is 3.39. The molecule has 2 fully saturated rings. The van der Waals surface area contributed by atoms with Gasteiger partial charge in [0.2, 0.25) is 5.16 Å². The highest BCUT2D eigenvalue weighted by Crippen LogP contribution is 2.38. The molecule has 2 saturated carbocycles. The van der Waals surface area contributed by atoms with Crippen molar-refractivity contribution in [3.05, 3.63) is 28.8 Å². The van der Waals surface area contributed by atoms with Gasteiger partial charge in [0.1, 0.15) is 0 Å². The molecule has 0 aliphatic heterocycles. The molecule has 0 spiro atoms. The predicted molar refractivity (Wildman–Crippen MR) is 81.5 cm³/mol. The zero-order chi connectivity index (χ0) is 14.2. The first-order chi connectivity index (χ1) is 10.3. The predicted octanol–water partition coefficient (Wildman–Crippen LogP) is 3.06. The Hall–Kier alpha value is -1.11. The van der Waals surface area contributed by atoms with Crippen LogP contribution >= 0.6 is 23.4 Å². The van der Waals surface area contributed by atoms with Crippen molar-refractivity contribution in [2.24, 2.45) is 0 Å². The summed E-state index contributed by atoms with van der Waals surface area (Å²) >= 11 is 7.95. The lowest BCUT2D eigenvalue weighted by atomic mass is 10.2. The molecule has 0 atom stereocenters. The van der Waals surface area contributed by atoms with Crippen molar-refractivity contribution < 1.29 is 0 Å². The molecule has 1 N–H and O–H groups in total. The summed E-state index contributed by atoms with van der Waals surface area (Å²) in [4.78, 5) is 1.08. The monoisotopic (exact) mass is 321 g/mol. The van der Waals surface area contributed by atoms with Crippen LogP contribution in [0, 0.1) is 0 Å². The highest BCUT2D eigenvalue weighted by molar-refractivity contribution is 7.99. The number of halogens is 1. The minimum atomic E-state index is 0.486. The van der Waals surface area contributed by atoms with Gasteiger partial charge in [-0.1, -0.05) is 17.7 Å². The first kappa shape index (κ1) is 13.5. The molecule has 0 bridgehead atoms. The summed E-state index contributed by atoms with van der Waals surface area (Å²) in [5.41, 5.74) is 1.15. The summed E-state index contributed by atoms with van der Waals surface area (Å²) in [5.74, 6) is 0. The number of rotatable bonds is 6. The Morgan fingerprint density at radius 1 is 1.29 bits per heavy atom. The summed E-state index contributed by atoms with van der Waals surface area (Å²) in [6.45, 7) is 0.842. The lowest BCUT2D eigenvalue weighted by Gasteiger charge is -2.08. The third kappa shape index (κ3) is 3.22. The molecule has 0 saturated heterocycles. The second-order valence-electron chi connectivity index (χ2n) is 5.65. The number of hydrogen-bond acceptors (Lipinski definition) is 5. The number of hydrogen-bond donors (Lipinski definition) is 1. The zero-order valence-corrected chi connectivity index (χ0v) is 13.1. The fourth-order valence-corrected chi connectivity index (χ4v) is 3.38. The van der Waals surface area contributed by atoms with Crippen LogP contribution in [0.1, 0.15) is 37.3 Å². The summed E-state index contributed by atoms with van der Waals surface area (Å²) in [5, 5.41) is 17.1. The molecule has 4 rings (SSSR count). The van der Waals surface area contributed by atoms with Crippen LogP contribution in [0.5, 0.6) is 0 Å². The van der Waals surface area contributed by atoms with Gasteiger partial charge in [-0.2, -0.15) is 0 Å². The van der Waals surface area contributed by atoms with Crippen molar-refractivity contribution in [1.29, 1.82) is 0 Å². The Morgan fingerprint density at radius 3 is 2.86 bits per heavy atom. The largest absolute Gasteiger partial charge is 0.310 e. The molecule has 1 heterocycles. The summed E-state index contributed by atoms with van der Waals surface area (Å²) in [7, 11) is 0. The van der Waals surface area contributed by atoms with E-state index < -0.39 is 0 Å². The Labute approximate surface area is 132 Å². The molecule has 2 aromatic rings. The van der Waals surface area contributed by atoms with Gasteiger partial charge < -0.3 is 5.32 Å². The molecule has 2 aliphatic carbocycles. The number of benzene rings is 1. The number of nitrogens with zero attached hydrogens (tertiary/aromatic N) is 4. The lowest BCUT2D eigenvalue weighted by molar-refractivity contribution is 0.565. The van der Waals surface area contributed by atoms with Gasteiger partial charge in [0.15, 0.2) is 0 Å². The molecule has 0 unspecified atom stereocenters. The van der Waals surface area contributed by atoms with Crippen LogP contribution in [0.25, 0.3) is 0 Å². The fourth-order valence-electron chi connectivity index (χ4n) is 2.18. The van der Waals surface area contributed by atoms with E-state index in [9.17, 15) is 0 Å². The topological polar surface area (TPSA) is 55.6 Å². The molecule has 1 aromatic heterocycles. The molecule has 110 valence electrons. The third-order valence-corrected chi connectivity index (χ3v) is 5.04. The van der Waals surface area contributed by atoms with Crippen molar-refractivity contribution in [2.45, 2.75) is 54.4 Å². The van der Waals surface area contributed by atoms with Crippen molar-refractivity contribution in [1.82, 2.24) is 25.5 Å². The zero-order valence-electron chi connectivity index (χ0n) is 11.5. The van der Waals surface area contributed by atoms with Crippen LogP contribution in [0.3, 0.4) is 0 Å². The highest BCUT2D eigenvalue weighted by Gasteiger charge is 2.28. The normalized spacial score (nSPS) is 18.1. The van der Waals surface area contributed by atoms with E-state index in [1.54, 1.807) is 11.8 Å². The second kappa shape index (κ2) is 5.59. The summed E-state index contributed by atoms with van der Waals surface area (Å²) in [6.07, 6.45) is 4.92. The van der Waals surface area contributed by atoms with E-state index in [0.717, 1.165) is 27.2 Å². The van der Waals surface area contributed by atoms with Gasteiger partial charge in [-0.15, -0.1) is 5.10 Å². The third-order valence-electron chi connectivity index (χ3n) is 3.75. The van der Waals surface area contributed by atoms with Gasteiger partial charge in [0.25, 0.3) is 0 Å². The maximum absolute atomic E-state index is 6.38. The van der Waals surface area contributed by atoms with E-state index in [0.29, 0.717) is 12.1 Å². The molecular weight excluding hydrogens is 306 g/mol. The molecular formula is C14H16ClN5S. The Morgan fingerprint density at radius 2 is 2.14 bits per heavy atom. The molecule has 5 nitrogen and oxygen atoms in total. The quantitative estimate of drug-likeness (QED) is 0.886. The molecule has 21 heavy (non-hydrogen) atoms. The number of nitrogens with one attached hydrogen (secondary N) is 1. The van der Waals surface area contributed by atoms with E-state index in [2.05, 4.69) is 33.0 Å². The average molecular weight is 322 g/mol. The fraction of sp³-hybridized carbons (Fsp3) is 0.500. The standard InChI is InChI=1S/C14H16ClN5S/c15-13-7-12(6-1-9(13)8-16-10-2-3-10)21-14-17-18-19-20(14)11-4-5-11/h1,6-7,10-11,16H,2-5,8H2. The molecule has 7 heteroatoms. The van der Waals surface area contributed by atoms with Gasteiger partial charge in [-0.05, 0) is 65.6 Å². The van der Waals surface area contributed by atoms with Gasteiger partial charge in [-0.3, -0.25) is 0 Å². The SMILES string of the molecule is Clc1cc(Sc2nnnn2C2CC2)ccc1CNC1CC1. The number of tetrazole rings is 1. The van der Waals surface area contributed by atoms with Crippen LogP contribution in [0.4, 0.5) is 0 Å². The van der Waals surface area contributed by atoms with Crippen LogP contribution in [0.15, 0.2) is 28.3 Å². The van der Waals surface area contributed by atoms with Gasteiger partial charge in [0.05, 0.1) is 6.04 Å². The summed E-state index contributed by atoms with van der Waals surface area (Å²) in [6, 6.07) is 7.36. The Kier molecular flexibility index (Phi) is 3.61. The number of aromatic nitrogens is 4. The van der Waals surface area contributed by atoms with Crippen molar-refractivity contribution in [2.75, 3.05) is 0 Å². The Bertz CT molecular complexity index is 651.